The molecule has 0 spiro atoms. The first-order valence-electron chi connectivity index (χ1n) is 4.46. The van der Waals surface area contributed by atoms with E-state index in [2.05, 4.69) is 9.97 Å². The van der Waals surface area contributed by atoms with Gasteiger partial charge in [-0.2, -0.15) is 0 Å². The van der Waals surface area contributed by atoms with Crippen molar-refractivity contribution in [1.82, 2.24) is 9.97 Å². The third kappa shape index (κ3) is 2.21. The molecule has 0 amide bonds. The number of hydrogen-bond donors (Lipinski definition) is 0. The smallest absolute Gasteiger partial charge is 0.250 e. The molecular formula is C8H10ClN3O2S. The molecule has 15 heavy (non-hydrogen) atoms. The summed E-state index contributed by atoms with van der Waals surface area (Å²) >= 11 is 5.74. The first-order valence-corrected chi connectivity index (χ1v) is 6.73. The van der Waals surface area contributed by atoms with Gasteiger partial charge in [0.25, 0.3) is 0 Å². The summed E-state index contributed by atoms with van der Waals surface area (Å²) in [6.07, 6.45) is 2.16. The van der Waals surface area contributed by atoms with Crippen LogP contribution in [0.4, 0.5) is 5.82 Å². The highest BCUT2D eigenvalue weighted by molar-refractivity contribution is 7.90. The Morgan fingerprint density at radius 3 is 2.53 bits per heavy atom. The molecule has 0 unspecified atom stereocenters. The van der Waals surface area contributed by atoms with Crippen LogP contribution in [0.3, 0.4) is 0 Å². The minimum absolute atomic E-state index is 0.160. The van der Waals surface area contributed by atoms with Gasteiger partial charge in [-0.15, -0.1) is 0 Å². The molecule has 1 aliphatic rings. The van der Waals surface area contributed by atoms with Crippen molar-refractivity contribution in [3.63, 3.8) is 0 Å². The van der Waals surface area contributed by atoms with Crippen LogP contribution < -0.4 is 4.90 Å². The molecule has 0 radical (unpaired) electrons. The summed E-state index contributed by atoms with van der Waals surface area (Å²) in [4.78, 5) is 9.62. The Labute approximate surface area is 93.0 Å². The molecular weight excluding hydrogens is 238 g/mol. The molecule has 7 heteroatoms. The van der Waals surface area contributed by atoms with E-state index in [0.29, 0.717) is 5.82 Å². The SMILES string of the molecule is CS(=O)(=O)c1nc(Cl)cc(N2CCC2)n1. The second-order valence-corrected chi connectivity index (χ2v) is 5.74. The maximum atomic E-state index is 11.3. The van der Waals surface area contributed by atoms with Gasteiger partial charge in [0.15, 0.2) is 0 Å². The number of halogens is 1. The second-order valence-electron chi connectivity index (χ2n) is 3.44. The summed E-state index contributed by atoms with van der Waals surface area (Å²) in [6.45, 7) is 1.77. The molecule has 2 rings (SSSR count). The third-order valence-corrected chi connectivity index (χ3v) is 3.21. The van der Waals surface area contributed by atoms with Crippen LogP contribution in [0.25, 0.3) is 0 Å². The van der Waals surface area contributed by atoms with Crippen LogP contribution in [0.1, 0.15) is 6.42 Å². The predicted molar refractivity (Wildman–Crippen MR) is 57.0 cm³/mol. The van der Waals surface area contributed by atoms with Gasteiger partial charge in [-0.3, -0.25) is 0 Å². The van der Waals surface area contributed by atoms with E-state index in [4.69, 9.17) is 11.6 Å². The number of aromatic nitrogens is 2. The lowest BCUT2D eigenvalue weighted by molar-refractivity contribution is 0.585. The van der Waals surface area contributed by atoms with Gasteiger partial charge >= 0.3 is 0 Å². The molecule has 0 aliphatic carbocycles. The minimum atomic E-state index is -3.40. The van der Waals surface area contributed by atoms with Crippen LogP contribution in [-0.2, 0) is 9.84 Å². The van der Waals surface area contributed by atoms with Gasteiger partial charge in [-0.1, -0.05) is 11.6 Å². The summed E-state index contributed by atoms with van der Waals surface area (Å²) in [6, 6.07) is 1.58. The van der Waals surface area contributed by atoms with E-state index in [9.17, 15) is 8.42 Å². The Balaban J connectivity index is 2.45. The van der Waals surface area contributed by atoms with Crippen molar-refractivity contribution in [3.8, 4) is 0 Å². The Hall–Kier alpha value is -0.880. The molecule has 1 saturated heterocycles. The van der Waals surface area contributed by atoms with Crippen molar-refractivity contribution in [3.05, 3.63) is 11.2 Å². The maximum absolute atomic E-state index is 11.3. The van der Waals surface area contributed by atoms with Crippen molar-refractivity contribution < 1.29 is 8.42 Å². The molecule has 0 N–H and O–H groups in total. The van der Waals surface area contributed by atoms with Crippen LogP contribution >= 0.6 is 11.6 Å². The van der Waals surface area contributed by atoms with E-state index in [1.807, 2.05) is 4.90 Å². The topological polar surface area (TPSA) is 63.2 Å². The molecule has 2 heterocycles. The molecule has 0 bridgehead atoms. The summed E-state index contributed by atoms with van der Waals surface area (Å²) in [5, 5.41) is -0.0516. The van der Waals surface area contributed by atoms with E-state index >= 15 is 0 Å². The van der Waals surface area contributed by atoms with Crippen LogP contribution in [0.5, 0.6) is 0 Å². The monoisotopic (exact) mass is 247 g/mol. The first kappa shape index (κ1) is 10.6. The van der Waals surface area contributed by atoms with Crippen LogP contribution in [0.15, 0.2) is 11.2 Å². The summed E-state index contributed by atoms with van der Waals surface area (Å²) in [5.41, 5.74) is 0. The average Bonchev–Trinajstić information content (AvgIpc) is 1.97. The molecule has 0 saturated carbocycles. The second kappa shape index (κ2) is 3.61. The number of hydrogen-bond acceptors (Lipinski definition) is 5. The lowest BCUT2D eigenvalue weighted by Gasteiger charge is -2.31. The van der Waals surface area contributed by atoms with Crippen molar-refractivity contribution in [1.29, 1.82) is 0 Å². The number of anilines is 1. The minimum Gasteiger partial charge on any atom is -0.356 e. The normalized spacial score (nSPS) is 16.3. The van der Waals surface area contributed by atoms with Gasteiger partial charge in [0.2, 0.25) is 15.0 Å². The van der Waals surface area contributed by atoms with Gasteiger partial charge in [0.05, 0.1) is 0 Å². The standard InChI is InChI=1S/C8H10ClN3O2S/c1-15(13,14)8-10-6(9)5-7(11-8)12-3-2-4-12/h5H,2-4H2,1H3. The summed E-state index contributed by atoms with van der Waals surface area (Å²) in [5.74, 6) is 0.585. The fourth-order valence-corrected chi connectivity index (χ4v) is 2.01. The van der Waals surface area contributed by atoms with Crippen LogP contribution in [0, 0.1) is 0 Å². The van der Waals surface area contributed by atoms with E-state index in [1.165, 1.54) is 0 Å². The lowest BCUT2D eigenvalue weighted by atomic mass is 10.2. The van der Waals surface area contributed by atoms with Gasteiger partial charge in [-0.05, 0) is 6.42 Å². The largest absolute Gasteiger partial charge is 0.356 e. The fraction of sp³-hybridized carbons (Fsp3) is 0.500. The van der Waals surface area contributed by atoms with Crippen molar-refractivity contribution >= 4 is 27.3 Å². The molecule has 1 aromatic heterocycles. The van der Waals surface area contributed by atoms with E-state index in [-0.39, 0.29) is 10.3 Å². The van der Waals surface area contributed by atoms with Gasteiger partial charge in [0.1, 0.15) is 11.0 Å². The predicted octanol–water partition coefficient (Wildman–Crippen LogP) is 0.744. The zero-order chi connectivity index (χ0) is 11.1. The highest BCUT2D eigenvalue weighted by atomic mass is 35.5. The fourth-order valence-electron chi connectivity index (χ4n) is 1.26. The lowest BCUT2D eigenvalue weighted by Crippen LogP contribution is -2.37. The molecule has 82 valence electrons. The summed E-state index contributed by atoms with van der Waals surface area (Å²) in [7, 11) is -3.40. The quantitative estimate of drug-likeness (QED) is 0.570. The zero-order valence-corrected chi connectivity index (χ0v) is 9.72. The molecule has 5 nitrogen and oxygen atoms in total. The number of sulfone groups is 1. The third-order valence-electron chi connectivity index (χ3n) is 2.17. The maximum Gasteiger partial charge on any atom is 0.250 e. The molecule has 0 aromatic carbocycles. The summed E-state index contributed by atoms with van der Waals surface area (Å²) < 4.78 is 22.5. The van der Waals surface area contributed by atoms with E-state index < -0.39 is 9.84 Å². The molecule has 0 atom stereocenters. The molecule has 1 aliphatic heterocycles. The Morgan fingerprint density at radius 1 is 1.40 bits per heavy atom. The van der Waals surface area contributed by atoms with Gasteiger partial charge in [-0.25, -0.2) is 18.4 Å². The van der Waals surface area contributed by atoms with Crippen LogP contribution in [0.2, 0.25) is 5.15 Å². The van der Waals surface area contributed by atoms with Gasteiger partial charge < -0.3 is 4.90 Å². The zero-order valence-electron chi connectivity index (χ0n) is 8.14. The number of rotatable bonds is 2. The first-order chi connectivity index (χ1) is 6.97. The number of nitrogens with zero attached hydrogens (tertiary/aromatic N) is 3. The Morgan fingerprint density at radius 2 is 2.07 bits per heavy atom. The molecule has 1 aromatic rings. The molecule has 1 fully saturated rings. The van der Waals surface area contributed by atoms with E-state index in [0.717, 1.165) is 25.8 Å². The highest BCUT2D eigenvalue weighted by Gasteiger charge is 2.20. The van der Waals surface area contributed by atoms with E-state index in [1.54, 1.807) is 6.07 Å². The highest BCUT2D eigenvalue weighted by Crippen LogP contribution is 2.22. The Bertz CT molecular complexity index is 485. The van der Waals surface area contributed by atoms with Crippen LogP contribution in [-0.4, -0.2) is 37.7 Å². The average molecular weight is 248 g/mol. The Kier molecular flexibility index (Phi) is 2.56. The van der Waals surface area contributed by atoms with Gasteiger partial charge in [0, 0.05) is 25.4 Å². The van der Waals surface area contributed by atoms with Crippen molar-refractivity contribution in [2.24, 2.45) is 0 Å². The van der Waals surface area contributed by atoms with Crippen molar-refractivity contribution in [2.75, 3.05) is 24.2 Å². The van der Waals surface area contributed by atoms with Crippen molar-refractivity contribution in [2.45, 2.75) is 11.6 Å².